The van der Waals surface area contributed by atoms with Gasteiger partial charge in [-0.05, 0) is 43.1 Å². The largest absolute Gasteiger partial charge is 0.464 e. The molecule has 0 aliphatic heterocycles. The molecule has 2 rings (SSSR count). The van der Waals surface area contributed by atoms with Gasteiger partial charge in [-0.15, -0.1) is 0 Å². The van der Waals surface area contributed by atoms with E-state index < -0.39 is 0 Å². The van der Waals surface area contributed by atoms with Crippen LogP contribution in [0.15, 0.2) is 22.8 Å². The van der Waals surface area contributed by atoms with Crippen molar-refractivity contribution in [2.75, 3.05) is 20.1 Å². The Kier molecular flexibility index (Phi) is 5.02. The predicted octanol–water partition coefficient (Wildman–Crippen LogP) is 2.74. The molecule has 0 saturated carbocycles. The molecule has 114 valence electrons. The molecule has 1 aromatic heterocycles. The van der Waals surface area contributed by atoms with Crippen LogP contribution in [-0.2, 0) is 11.2 Å². The molecular weight excluding hydrogens is 264 g/mol. The number of furan rings is 1. The standard InChI is InChI=1S/C17H24N2O2/c1-11(2)14-9-15-13(8-17(20)19-6-5-18-4)10-21-16(15)7-12(14)3/h7,9-11,18H,5-6,8H2,1-4H3,(H,19,20). The predicted molar refractivity (Wildman–Crippen MR) is 85.7 cm³/mol. The van der Waals surface area contributed by atoms with Gasteiger partial charge >= 0.3 is 0 Å². The summed E-state index contributed by atoms with van der Waals surface area (Å²) in [5.41, 5.74) is 4.35. The Hall–Kier alpha value is -1.81. The molecule has 0 bridgehead atoms. The third-order valence-electron chi connectivity index (χ3n) is 3.71. The van der Waals surface area contributed by atoms with Crippen molar-refractivity contribution in [1.29, 1.82) is 0 Å². The Balaban J connectivity index is 2.20. The number of nitrogens with one attached hydrogen (secondary N) is 2. The summed E-state index contributed by atoms with van der Waals surface area (Å²) in [4.78, 5) is 11.9. The van der Waals surface area contributed by atoms with E-state index in [1.807, 2.05) is 7.05 Å². The van der Waals surface area contributed by atoms with Gasteiger partial charge in [0.1, 0.15) is 5.58 Å². The van der Waals surface area contributed by atoms with Crippen LogP contribution in [0.2, 0.25) is 0 Å². The fourth-order valence-electron chi connectivity index (χ4n) is 2.57. The number of likely N-dealkylation sites (N-methyl/N-ethyl adjacent to an activating group) is 1. The lowest BCUT2D eigenvalue weighted by molar-refractivity contribution is -0.120. The molecule has 2 N–H and O–H groups in total. The van der Waals surface area contributed by atoms with Crippen LogP contribution in [0.3, 0.4) is 0 Å². The number of hydrogen-bond donors (Lipinski definition) is 2. The van der Waals surface area contributed by atoms with E-state index >= 15 is 0 Å². The number of hydrogen-bond acceptors (Lipinski definition) is 3. The summed E-state index contributed by atoms with van der Waals surface area (Å²) in [6.07, 6.45) is 2.06. The first-order valence-electron chi connectivity index (χ1n) is 7.44. The number of rotatable bonds is 6. The molecule has 1 heterocycles. The van der Waals surface area contributed by atoms with E-state index in [2.05, 4.69) is 43.5 Å². The molecule has 1 aromatic carbocycles. The number of fused-ring (bicyclic) bond motifs is 1. The van der Waals surface area contributed by atoms with Crippen molar-refractivity contribution in [3.63, 3.8) is 0 Å². The summed E-state index contributed by atoms with van der Waals surface area (Å²) >= 11 is 0. The maximum atomic E-state index is 11.9. The molecule has 4 nitrogen and oxygen atoms in total. The lowest BCUT2D eigenvalue weighted by Crippen LogP contribution is -2.31. The highest BCUT2D eigenvalue weighted by atomic mass is 16.3. The second kappa shape index (κ2) is 6.76. The fourth-order valence-corrected chi connectivity index (χ4v) is 2.57. The highest BCUT2D eigenvalue weighted by molar-refractivity contribution is 5.88. The summed E-state index contributed by atoms with van der Waals surface area (Å²) in [5.74, 6) is 0.487. The molecule has 0 saturated heterocycles. The molecule has 2 aromatic rings. The number of benzene rings is 1. The van der Waals surface area contributed by atoms with Gasteiger partial charge in [-0.3, -0.25) is 4.79 Å². The number of carbonyl (C=O) groups is 1. The summed E-state index contributed by atoms with van der Waals surface area (Å²) in [6, 6.07) is 4.22. The first kappa shape index (κ1) is 15.6. The van der Waals surface area contributed by atoms with Crippen LogP contribution in [0.1, 0.15) is 36.5 Å². The van der Waals surface area contributed by atoms with Crippen LogP contribution in [0.25, 0.3) is 11.0 Å². The van der Waals surface area contributed by atoms with Gasteiger partial charge < -0.3 is 15.1 Å². The fraction of sp³-hybridized carbons (Fsp3) is 0.471. The zero-order valence-electron chi connectivity index (χ0n) is 13.2. The Labute approximate surface area is 125 Å². The van der Waals surface area contributed by atoms with Crippen LogP contribution >= 0.6 is 0 Å². The summed E-state index contributed by atoms with van der Waals surface area (Å²) in [7, 11) is 1.87. The Bertz CT molecular complexity index is 629. The van der Waals surface area contributed by atoms with Crippen molar-refractivity contribution in [2.24, 2.45) is 0 Å². The average molecular weight is 288 g/mol. The normalized spacial score (nSPS) is 11.3. The van der Waals surface area contributed by atoms with Gasteiger partial charge in [-0.25, -0.2) is 0 Å². The highest BCUT2D eigenvalue weighted by Gasteiger charge is 2.13. The molecule has 4 heteroatoms. The maximum absolute atomic E-state index is 11.9. The number of carbonyl (C=O) groups excluding carboxylic acids is 1. The number of aryl methyl sites for hydroxylation is 1. The molecule has 21 heavy (non-hydrogen) atoms. The van der Waals surface area contributed by atoms with Crippen LogP contribution < -0.4 is 10.6 Å². The summed E-state index contributed by atoms with van der Waals surface area (Å²) < 4.78 is 5.60. The van der Waals surface area contributed by atoms with Crippen molar-refractivity contribution >= 4 is 16.9 Å². The van der Waals surface area contributed by atoms with Gasteiger partial charge in [0.05, 0.1) is 12.7 Å². The summed E-state index contributed by atoms with van der Waals surface area (Å²) in [5, 5.41) is 6.95. The van der Waals surface area contributed by atoms with Crippen molar-refractivity contribution in [2.45, 2.75) is 33.1 Å². The van der Waals surface area contributed by atoms with E-state index in [1.54, 1.807) is 6.26 Å². The molecule has 0 atom stereocenters. The highest BCUT2D eigenvalue weighted by Crippen LogP contribution is 2.29. The van der Waals surface area contributed by atoms with E-state index in [0.717, 1.165) is 23.1 Å². The van der Waals surface area contributed by atoms with Crippen LogP contribution in [-0.4, -0.2) is 26.0 Å². The first-order valence-corrected chi connectivity index (χ1v) is 7.44. The molecule has 0 radical (unpaired) electrons. The quantitative estimate of drug-likeness (QED) is 0.804. The Morgan fingerprint density at radius 1 is 1.29 bits per heavy atom. The lowest BCUT2D eigenvalue weighted by Gasteiger charge is -2.10. The van der Waals surface area contributed by atoms with Gasteiger partial charge in [0.15, 0.2) is 0 Å². The monoisotopic (exact) mass is 288 g/mol. The van der Waals surface area contributed by atoms with Gasteiger partial charge in [-0.1, -0.05) is 13.8 Å². The molecule has 0 fully saturated rings. The minimum atomic E-state index is 0.0274. The van der Waals surface area contributed by atoms with E-state index in [0.29, 0.717) is 18.9 Å². The van der Waals surface area contributed by atoms with E-state index in [9.17, 15) is 4.79 Å². The molecule has 0 aliphatic carbocycles. The molecule has 0 spiro atoms. The van der Waals surface area contributed by atoms with E-state index in [-0.39, 0.29) is 5.91 Å². The molecule has 1 amide bonds. The third kappa shape index (κ3) is 3.64. The Morgan fingerprint density at radius 2 is 2.05 bits per heavy atom. The van der Waals surface area contributed by atoms with Crippen molar-refractivity contribution < 1.29 is 9.21 Å². The average Bonchev–Trinajstić information content (AvgIpc) is 2.80. The minimum Gasteiger partial charge on any atom is -0.464 e. The second-order valence-electron chi connectivity index (χ2n) is 5.75. The van der Waals surface area contributed by atoms with Crippen molar-refractivity contribution in [1.82, 2.24) is 10.6 Å². The molecule has 0 unspecified atom stereocenters. The third-order valence-corrected chi connectivity index (χ3v) is 3.71. The van der Waals surface area contributed by atoms with E-state index in [4.69, 9.17) is 4.42 Å². The lowest BCUT2D eigenvalue weighted by atomic mass is 9.95. The molecular formula is C17H24N2O2. The molecule has 0 aliphatic rings. The smallest absolute Gasteiger partial charge is 0.224 e. The van der Waals surface area contributed by atoms with Gasteiger partial charge in [0.25, 0.3) is 0 Å². The van der Waals surface area contributed by atoms with Crippen LogP contribution in [0.5, 0.6) is 0 Å². The first-order chi connectivity index (χ1) is 10.0. The SMILES string of the molecule is CNCCNC(=O)Cc1coc2cc(C)c(C(C)C)cc12. The summed E-state index contributed by atoms with van der Waals surface area (Å²) in [6.45, 7) is 7.87. The van der Waals surface area contributed by atoms with Gasteiger partial charge in [-0.2, -0.15) is 0 Å². The van der Waals surface area contributed by atoms with Crippen molar-refractivity contribution in [3.05, 3.63) is 35.1 Å². The topological polar surface area (TPSA) is 54.3 Å². The minimum absolute atomic E-state index is 0.0274. The van der Waals surface area contributed by atoms with Gasteiger partial charge in [0.2, 0.25) is 5.91 Å². The van der Waals surface area contributed by atoms with Crippen molar-refractivity contribution in [3.8, 4) is 0 Å². The zero-order chi connectivity index (χ0) is 15.4. The zero-order valence-corrected chi connectivity index (χ0v) is 13.2. The second-order valence-corrected chi connectivity index (χ2v) is 5.75. The van der Waals surface area contributed by atoms with Crippen LogP contribution in [0.4, 0.5) is 0 Å². The number of amides is 1. The Morgan fingerprint density at radius 3 is 2.71 bits per heavy atom. The van der Waals surface area contributed by atoms with E-state index in [1.165, 1.54) is 11.1 Å². The maximum Gasteiger partial charge on any atom is 0.224 e. The van der Waals surface area contributed by atoms with Crippen LogP contribution in [0, 0.1) is 6.92 Å². The van der Waals surface area contributed by atoms with Gasteiger partial charge in [0, 0.05) is 24.0 Å².